The highest BCUT2D eigenvalue weighted by Crippen LogP contribution is 2.47. The van der Waals surface area contributed by atoms with Gasteiger partial charge in [0.2, 0.25) is 0 Å². The van der Waals surface area contributed by atoms with Crippen LogP contribution in [0.1, 0.15) is 93.1 Å². The van der Waals surface area contributed by atoms with Crippen LogP contribution in [0.5, 0.6) is 0 Å². The minimum Gasteiger partial charge on any atom is -0.384 e. The Bertz CT molecular complexity index is 1700. The van der Waals surface area contributed by atoms with Gasteiger partial charge in [-0.05, 0) is 119 Å². The molecule has 3 aliphatic carbocycles. The Balaban J connectivity index is 0.00000200. The average Bonchev–Trinajstić information content (AvgIpc) is 2.98. The Morgan fingerprint density at radius 3 is 2.04 bits per heavy atom. The summed E-state index contributed by atoms with van der Waals surface area (Å²) < 4.78 is 0. The molecule has 2 atom stereocenters. The van der Waals surface area contributed by atoms with E-state index in [1.54, 1.807) is 0 Å². The Morgan fingerprint density at radius 2 is 1.33 bits per heavy atom. The van der Waals surface area contributed by atoms with Crippen molar-refractivity contribution in [2.75, 3.05) is 23.7 Å². The number of allylic oxidation sites excluding steroid dienone is 2. The van der Waals surface area contributed by atoms with E-state index in [0.717, 1.165) is 59.9 Å². The van der Waals surface area contributed by atoms with Crippen molar-refractivity contribution in [2.24, 2.45) is 5.92 Å². The van der Waals surface area contributed by atoms with Crippen LogP contribution in [0.15, 0.2) is 48.0 Å². The number of hydrogen-bond donors (Lipinski definition) is 2. The van der Waals surface area contributed by atoms with Crippen LogP contribution in [0.3, 0.4) is 0 Å². The predicted molar refractivity (Wildman–Crippen MR) is 198 cm³/mol. The molecule has 0 saturated carbocycles. The van der Waals surface area contributed by atoms with Gasteiger partial charge in [0.15, 0.2) is 0 Å². The molecule has 3 aliphatic rings. The van der Waals surface area contributed by atoms with Gasteiger partial charge in [-0.3, -0.25) is 9.97 Å². The van der Waals surface area contributed by atoms with Gasteiger partial charge in [0.1, 0.15) is 0 Å². The third-order valence-corrected chi connectivity index (χ3v) is 10.3. The van der Waals surface area contributed by atoms with Gasteiger partial charge in [0, 0.05) is 62.2 Å². The molecule has 8 heteroatoms. The third kappa shape index (κ3) is 7.35. The maximum Gasteiger partial charge on any atom is 0.0741 e. The van der Waals surface area contributed by atoms with Gasteiger partial charge in [-0.2, -0.15) is 0 Å². The topological polar surface area (TPSA) is 49.8 Å². The number of fused-ring (bicyclic) bond motifs is 7. The maximum absolute atomic E-state index is 6.38. The van der Waals surface area contributed by atoms with Gasteiger partial charge in [0.25, 0.3) is 0 Å². The SMILES string of the molecule is CC1=C[C@@H]2Cc3nc4cc(Cl)ccc4c(NCCCCCCCNc4c5c(nc6cc(Cl)ccc46)CCCC5)c3[C@H](C1)C2.Cl.Cl. The molecule has 0 spiro atoms. The van der Waals surface area contributed by atoms with Gasteiger partial charge in [-0.25, -0.2) is 0 Å². The molecule has 7 rings (SSSR count). The standard InChI is InChI=1S/C37H42Cl2N4.2ClH/c1-23-17-24-19-25(18-23)35-34(20-24)43-33-22-27(39)12-14-30(33)37(35)41-16-8-4-2-3-7-15-40-36-28-9-5-6-10-31(28)42-32-21-26(38)11-13-29(32)36;;/h11-14,17,21-22,24-25H,2-10,15-16,18-20H2,1H3,(H,40,42)(H,41,43);2*1H/t24-,25+;;/m0../s1. The second-order valence-corrected chi connectivity index (χ2v) is 13.9. The molecule has 240 valence electrons. The molecule has 2 aromatic carbocycles. The largest absolute Gasteiger partial charge is 0.384 e. The summed E-state index contributed by atoms with van der Waals surface area (Å²) in [6.07, 6.45) is 16.7. The smallest absolute Gasteiger partial charge is 0.0741 e. The lowest BCUT2D eigenvalue weighted by molar-refractivity contribution is 0.433. The van der Waals surface area contributed by atoms with Gasteiger partial charge in [-0.1, -0.05) is 54.1 Å². The molecule has 0 unspecified atom stereocenters. The van der Waals surface area contributed by atoms with Crippen molar-refractivity contribution in [2.45, 2.75) is 89.9 Å². The summed E-state index contributed by atoms with van der Waals surface area (Å²) in [6.45, 7) is 4.29. The zero-order chi connectivity index (χ0) is 29.3. The van der Waals surface area contributed by atoms with Crippen LogP contribution in [-0.2, 0) is 19.3 Å². The van der Waals surface area contributed by atoms with Gasteiger partial charge in [-0.15, -0.1) is 24.8 Å². The van der Waals surface area contributed by atoms with Gasteiger partial charge in [0.05, 0.1) is 11.0 Å². The predicted octanol–water partition coefficient (Wildman–Crippen LogP) is 11.3. The molecule has 0 fully saturated rings. The highest BCUT2D eigenvalue weighted by atomic mass is 35.5. The molecular formula is C37H44Cl4N4. The Hall–Kier alpha value is -2.24. The third-order valence-electron chi connectivity index (χ3n) is 9.79. The number of hydrogen-bond acceptors (Lipinski definition) is 4. The molecule has 4 aromatic rings. The fourth-order valence-electron chi connectivity index (χ4n) is 7.88. The molecule has 0 amide bonds. The molecule has 0 aliphatic heterocycles. The fourth-order valence-corrected chi connectivity index (χ4v) is 8.22. The first kappa shape index (κ1) is 34.1. The van der Waals surface area contributed by atoms with Crippen molar-refractivity contribution in [3.8, 4) is 0 Å². The lowest BCUT2D eigenvalue weighted by Gasteiger charge is -2.36. The van der Waals surface area contributed by atoms with E-state index in [2.05, 4.69) is 35.8 Å². The fraction of sp³-hybridized carbons (Fsp3) is 0.459. The second kappa shape index (κ2) is 15.1. The number of halogens is 4. The number of rotatable bonds is 10. The average molecular weight is 687 g/mol. The van der Waals surface area contributed by atoms with Crippen LogP contribution in [0.2, 0.25) is 10.0 Å². The molecule has 45 heavy (non-hydrogen) atoms. The second-order valence-electron chi connectivity index (χ2n) is 13.0. The van der Waals surface area contributed by atoms with Crippen LogP contribution >= 0.6 is 48.0 Å². The van der Waals surface area contributed by atoms with Crippen molar-refractivity contribution < 1.29 is 0 Å². The maximum atomic E-state index is 6.38. The van der Waals surface area contributed by atoms with Gasteiger partial charge < -0.3 is 10.6 Å². The molecule has 2 bridgehead atoms. The van der Waals surface area contributed by atoms with E-state index >= 15 is 0 Å². The number of pyridine rings is 2. The van der Waals surface area contributed by atoms with E-state index in [0.29, 0.717) is 11.8 Å². The van der Waals surface area contributed by atoms with Crippen molar-refractivity contribution in [1.82, 2.24) is 9.97 Å². The first-order chi connectivity index (χ1) is 21.0. The van der Waals surface area contributed by atoms with E-state index in [4.69, 9.17) is 33.2 Å². The lowest BCUT2D eigenvalue weighted by atomic mass is 9.71. The number of anilines is 2. The van der Waals surface area contributed by atoms with Crippen LogP contribution in [0, 0.1) is 5.92 Å². The number of aromatic nitrogens is 2. The Kier molecular flexibility index (Phi) is 11.5. The number of nitrogens with zero attached hydrogens (tertiary/aromatic N) is 2. The Morgan fingerprint density at radius 1 is 0.733 bits per heavy atom. The minimum atomic E-state index is 0. The number of nitrogens with one attached hydrogen (secondary N) is 2. The van der Waals surface area contributed by atoms with E-state index in [1.165, 1.54) is 102 Å². The number of aryl methyl sites for hydroxylation is 1. The summed E-state index contributed by atoms with van der Waals surface area (Å²) in [7, 11) is 0. The molecular weight excluding hydrogens is 642 g/mol. The van der Waals surface area contributed by atoms with Crippen molar-refractivity contribution in [1.29, 1.82) is 0 Å². The van der Waals surface area contributed by atoms with Crippen LogP contribution in [-0.4, -0.2) is 23.1 Å². The van der Waals surface area contributed by atoms with E-state index in [1.807, 2.05) is 24.3 Å². The zero-order valence-corrected chi connectivity index (χ0v) is 29.2. The van der Waals surface area contributed by atoms with Crippen molar-refractivity contribution >= 4 is 81.2 Å². The summed E-state index contributed by atoms with van der Waals surface area (Å²) in [4.78, 5) is 10.1. The normalized spacial score (nSPS) is 18.3. The highest BCUT2D eigenvalue weighted by Gasteiger charge is 2.33. The van der Waals surface area contributed by atoms with Crippen LogP contribution < -0.4 is 10.6 Å². The lowest BCUT2D eigenvalue weighted by Crippen LogP contribution is -2.24. The number of unbranched alkanes of at least 4 members (excludes halogenated alkanes) is 4. The molecule has 0 saturated heterocycles. The first-order valence-electron chi connectivity index (χ1n) is 16.4. The van der Waals surface area contributed by atoms with E-state index in [-0.39, 0.29) is 24.8 Å². The molecule has 0 radical (unpaired) electrons. The quantitative estimate of drug-likeness (QED) is 0.129. The van der Waals surface area contributed by atoms with Crippen molar-refractivity contribution in [3.63, 3.8) is 0 Å². The van der Waals surface area contributed by atoms with Crippen LogP contribution in [0.25, 0.3) is 21.8 Å². The summed E-state index contributed by atoms with van der Waals surface area (Å²) in [5.74, 6) is 1.19. The summed E-state index contributed by atoms with van der Waals surface area (Å²) >= 11 is 12.7. The summed E-state index contributed by atoms with van der Waals surface area (Å²) in [5, 5.41) is 11.6. The van der Waals surface area contributed by atoms with E-state index < -0.39 is 0 Å². The molecule has 2 N–H and O–H groups in total. The zero-order valence-electron chi connectivity index (χ0n) is 26.1. The van der Waals surface area contributed by atoms with Crippen molar-refractivity contribution in [3.05, 3.63) is 80.6 Å². The van der Waals surface area contributed by atoms with Crippen LogP contribution in [0.4, 0.5) is 11.4 Å². The molecule has 4 nitrogen and oxygen atoms in total. The van der Waals surface area contributed by atoms with E-state index in [9.17, 15) is 0 Å². The summed E-state index contributed by atoms with van der Waals surface area (Å²) in [5.41, 5.74) is 11.6. The monoisotopic (exact) mass is 684 g/mol. The first-order valence-corrected chi connectivity index (χ1v) is 17.2. The molecule has 2 aromatic heterocycles. The van der Waals surface area contributed by atoms with Gasteiger partial charge >= 0.3 is 0 Å². The molecule has 2 heterocycles. The number of benzene rings is 2. The Labute approximate surface area is 290 Å². The summed E-state index contributed by atoms with van der Waals surface area (Å²) in [6, 6.07) is 12.3. The minimum absolute atomic E-state index is 0. The highest BCUT2D eigenvalue weighted by molar-refractivity contribution is 6.31.